The standard InChI is InChI=1S/C38H44BrN3O4S/c1-6-29(5)40-38(44)36(24-30-10-8-7-9-11-30)41(25-31-14-18-33(39)19-15-31)37(43)26-42(34-20-16-32(17-21-34)27(2)3)47(45,46)35-22-12-28(4)13-23-35/h7-23,27,29,36H,6,24-26H2,1-5H3,(H,40,44)/t29-,36+/m0/s1. The Kier molecular flexibility index (Phi) is 12.4. The highest BCUT2D eigenvalue weighted by atomic mass is 79.9. The van der Waals surface area contributed by atoms with Crippen LogP contribution in [0.2, 0.25) is 0 Å². The molecule has 0 radical (unpaired) electrons. The Morgan fingerprint density at radius 3 is 2.00 bits per heavy atom. The van der Waals surface area contributed by atoms with E-state index in [0.717, 1.165) is 37.5 Å². The highest BCUT2D eigenvalue weighted by Crippen LogP contribution is 2.27. The van der Waals surface area contributed by atoms with Gasteiger partial charge >= 0.3 is 0 Å². The summed E-state index contributed by atoms with van der Waals surface area (Å²) < 4.78 is 30.6. The molecule has 0 aliphatic rings. The van der Waals surface area contributed by atoms with Crippen molar-refractivity contribution in [2.75, 3.05) is 10.8 Å². The largest absolute Gasteiger partial charge is 0.352 e. The van der Waals surface area contributed by atoms with Crippen molar-refractivity contribution in [2.45, 2.75) is 76.9 Å². The van der Waals surface area contributed by atoms with Crippen molar-refractivity contribution >= 4 is 43.5 Å². The quantitative estimate of drug-likeness (QED) is 0.145. The number of hydrogen-bond acceptors (Lipinski definition) is 4. The Labute approximate surface area is 288 Å². The van der Waals surface area contributed by atoms with Gasteiger partial charge in [-0.15, -0.1) is 0 Å². The molecule has 1 N–H and O–H groups in total. The molecule has 0 aromatic heterocycles. The van der Waals surface area contributed by atoms with Gasteiger partial charge in [-0.3, -0.25) is 13.9 Å². The first kappa shape index (κ1) is 35.9. The Balaban J connectivity index is 1.81. The molecule has 4 aromatic carbocycles. The molecule has 0 unspecified atom stereocenters. The first-order valence-electron chi connectivity index (χ1n) is 16.0. The van der Waals surface area contributed by atoms with Crippen LogP contribution in [-0.2, 0) is 32.6 Å². The number of rotatable bonds is 14. The second-order valence-corrected chi connectivity index (χ2v) is 15.0. The molecule has 0 bridgehead atoms. The maximum absolute atomic E-state index is 14.6. The molecule has 4 rings (SSSR count). The van der Waals surface area contributed by atoms with Crippen LogP contribution in [0.5, 0.6) is 0 Å². The number of halogens is 1. The number of benzene rings is 4. The first-order valence-corrected chi connectivity index (χ1v) is 18.2. The van der Waals surface area contributed by atoms with Crippen molar-refractivity contribution in [2.24, 2.45) is 0 Å². The summed E-state index contributed by atoms with van der Waals surface area (Å²) in [4.78, 5) is 30.2. The summed E-state index contributed by atoms with van der Waals surface area (Å²) in [5.41, 5.74) is 4.04. The molecule has 0 saturated heterocycles. The molecular formula is C38H44BrN3O4S. The first-order chi connectivity index (χ1) is 22.4. The Morgan fingerprint density at radius 1 is 0.809 bits per heavy atom. The number of aryl methyl sites for hydroxylation is 1. The minimum absolute atomic E-state index is 0.0821. The van der Waals surface area contributed by atoms with Crippen molar-refractivity contribution in [1.29, 1.82) is 0 Å². The zero-order chi connectivity index (χ0) is 34.1. The summed E-state index contributed by atoms with van der Waals surface area (Å²) in [6.45, 7) is 9.56. The molecule has 0 heterocycles. The van der Waals surface area contributed by atoms with Crippen LogP contribution >= 0.6 is 15.9 Å². The lowest BCUT2D eigenvalue weighted by atomic mass is 10.0. The van der Waals surface area contributed by atoms with E-state index in [2.05, 4.69) is 35.1 Å². The third-order valence-electron chi connectivity index (χ3n) is 8.27. The fourth-order valence-electron chi connectivity index (χ4n) is 5.17. The Bertz CT molecular complexity index is 1730. The number of carbonyl (C=O) groups excluding carboxylic acids is 2. The van der Waals surface area contributed by atoms with Crippen LogP contribution in [0.4, 0.5) is 5.69 Å². The van der Waals surface area contributed by atoms with Crippen LogP contribution in [0, 0.1) is 6.92 Å². The number of sulfonamides is 1. The van der Waals surface area contributed by atoms with Crippen LogP contribution in [0.15, 0.2) is 112 Å². The third kappa shape index (κ3) is 9.55. The van der Waals surface area contributed by atoms with Crippen molar-refractivity contribution in [3.05, 3.63) is 130 Å². The van der Waals surface area contributed by atoms with Crippen molar-refractivity contribution < 1.29 is 18.0 Å². The van der Waals surface area contributed by atoms with E-state index in [1.807, 2.05) is 87.5 Å². The van der Waals surface area contributed by atoms with Gasteiger partial charge in [0.05, 0.1) is 10.6 Å². The number of carbonyl (C=O) groups is 2. The minimum Gasteiger partial charge on any atom is -0.352 e. The average molecular weight is 719 g/mol. The molecule has 4 aromatic rings. The summed E-state index contributed by atoms with van der Waals surface area (Å²) in [5.74, 6) is -0.531. The van der Waals surface area contributed by atoms with Crippen LogP contribution in [0.1, 0.15) is 62.3 Å². The summed E-state index contributed by atoms with van der Waals surface area (Å²) in [7, 11) is -4.16. The summed E-state index contributed by atoms with van der Waals surface area (Å²) >= 11 is 3.47. The fraction of sp³-hybridized carbons (Fsp3) is 0.316. The number of nitrogens with zero attached hydrogens (tertiary/aromatic N) is 2. The molecule has 0 spiro atoms. The number of hydrogen-bond donors (Lipinski definition) is 1. The van der Waals surface area contributed by atoms with E-state index in [9.17, 15) is 18.0 Å². The van der Waals surface area contributed by atoms with E-state index in [-0.39, 0.29) is 35.7 Å². The van der Waals surface area contributed by atoms with Crippen LogP contribution < -0.4 is 9.62 Å². The van der Waals surface area contributed by atoms with E-state index in [0.29, 0.717) is 5.69 Å². The van der Waals surface area contributed by atoms with Gasteiger partial charge in [-0.2, -0.15) is 0 Å². The molecule has 0 fully saturated rings. The topological polar surface area (TPSA) is 86.8 Å². The van der Waals surface area contributed by atoms with E-state index in [4.69, 9.17) is 0 Å². The molecular weight excluding hydrogens is 674 g/mol. The lowest BCUT2D eigenvalue weighted by Crippen LogP contribution is -2.54. The molecule has 0 aliphatic heterocycles. The second kappa shape index (κ2) is 16.2. The Hall–Kier alpha value is -3.95. The maximum Gasteiger partial charge on any atom is 0.264 e. The average Bonchev–Trinajstić information content (AvgIpc) is 3.06. The molecule has 9 heteroatoms. The normalized spacial score (nSPS) is 12.7. The van der Waals surface area contributed by atoms with Gasteiger partial charge in [0.15, 0.2) is 0 Å². The van der Waals surface area contributed by atoms with Crippen LogP contribution in [0.3, 0.4) is 0 Å². The molecule has 248 valence electrons. The van der Waals surface area contributed by atoms with Crippen LogP contribution in [-0.4, -0.2) is 43.8 Å². The van der Waals surface area contributed by atoms with Crippen molar-refractivity contribution in [1.82, 2.24) is 10.2 Å². The highest BCUT2D eigenvalue weighted by molar-refractivity contribution is 9.10. The highest BCUT2D eigenvalue weighted by Gasteiger charge is 2.35. The fourth-order valence-corrected chi connectivity index (χ4v) is 6.85. The van der Waals surface area contributed by atoms with E-state index in [1.54, 1.807) is 36.4 Å². The van der Waals surface area contributed by atoms with Crippen molar-refractivity contribution in [3.63, 3.8) is 0 Å². The van der Waals surface area contributed by atoms with E-state index in [1.165, 1.54) is 4.90 Å². The molecule has 2 atom stereocenters. The molecule has 0 saturated carbocycles. The predicted molar refractivity (Wildman–Crippen MR) is 193 cm³/mol. The number of amides is 2. The van der Waals surface area contributed by atoms with E-state index >= 15 is 0 Å². The second-order valence-electron chi connectivity index (χ2n) is 12.2. The monoisotopic (exact) mass is 717 g/mol. The number of nitrogens with one attached hydrogen (secondary N) is 1. The lowest BCUT2D eigenvalue weighted by Gasteiger charge is -2.34. The Morgan fingerprint density at radius 2 is 1.43 bits per heavy atom. The molecule has 0 aliphatic carbocycles. The zero-order valence-electron chi connectivity index (χ0n) is 27.7. The maximum atomic E-state index is 14.6. The van der Waals surface area contributed by atoms with Gasteiger partial charge in [0, 0.05) is 23.5 Å². The van der Waals surface area contributed by atoms with E-state index < -0.39 is 28.5 Å². The SMILES string of the molecule is CC[C@H](C)NC(=O)[C@@H](Cc1ccccc1)N(Cc1ccc(Br)cc1)C(=O)CN(c1ccc(C(C)C)cc1)S(=O)(=O)c1ccc(C)cc1. The molecule has 2 amide bonds. The van der Waals surface area contributed by atoms with Gasteiger partial charge in [0.25, 0.3) is 10.0 Å². The molecule has 47 heavy (non-hydrogen) atoms. The van der Waals surface area contributed by atoms with Gasteiger partial charge in [0.2, 0.25) is 11.8 Å². The van der Waals surface area contributed by atoms with Gasteiger partial charge in [-0.25, -0.2) is 8.42 Å². The number of anilines is 1. The summed E-state index contributed by atoms with van der Waals surface area (Å²) in [5, 5.41) is 3.07. The van der Waals surface area contributed by atoms with Gasteiger partial charge in [-0.05, 0) is 79.3 Å². The predicted octanol–water partition coefficient (Wildman–Crippen LogP) is 7.63. The smallest absolute Gasteiger partial charge is 0.264 e. The van der Waals surface area contributed by atoms with Crippen LogP contribution in [0.25, 0.3) is 0 Å². The summed E-state index contributed by atoms with van der Waals surface area (Å²) in [6.07, 6.45) is 0.985. The minimum atomic E-state index is -4.16. The van der Waals surface area contributed by atoms with Gasteiger partial charge in [-0.1, -0.05) is 109 Å². The zero-order valence-corrected chi connectivity index (χ0v) is 30.1. The van der Waals surface area contributed by atoms with Crippen molar-refractivity contribution in [3.8, 4) is 0 Å². The lowest BCUT2D eigenvalue weighted by molar-refractivity contribution is -0.140. The molecule has 7 nitrogen and oxygen atoms in total. The summed E-state index contributed by atoms with van der Waals surface area (Å²) in [6, 6.07) is 30.0. The van der Waals surface area contributed by atoms with Gasteiger partial charge in [0.1, 0.15) is 12.6 Å². The third-order valence-corrected chi connectivity index (χ3v) is 10.6. The van der Waals surface area contributed by atoms with Gasteiger partial charge < -0.3 is 10.2 Å².